The molecular formula is C24H24SSi. The van der Waals surface area contributed by atoms with Crippen LogP contribution in [0, 0.1) is 10.8 Å². The summed E-state index contributed by atoms with van der Waals surface area (Å²) < 4.78 is -0.337. The lowest BCUT2D eigenvalue weighted by Gasteiger charge is -2.33. The predicted octanol–water partition coefficient (Wildman–Crippen LogP) is 6.55. The fourth-order valence-corrected chi connectivity index (χ4v) is 5.29. The first kappa shape index (κ1) is 18.6. The van der Waals surface area contributed by atoms with Crippen LogP contribution in [0.15, 0.2) is 91.0 Å². The maximum absolute atomic E-state index is 3.54. The van der Waals surface area contributed by atoms with E-state index in [1.165, 1.54) is 16.7 Å². The summed E-state index contributed by atoms with van der Waals surface area (Å²) in [5.41, 5.74) is 7.31. The number of hydrogen-bond donors (Lipinski definition) is 0. The van der Waals surface area contributed by atoms with E-state index in [1.807, 2.05) is 0 Å². The van der Waals surface area contributed by atoms with Crippen LogP contribution in [0.1, 0.15) is 16.7 Å². The van der Waals surface area contributed by atoms with Gasteiger partial charge in [-0.1, -0.05) is 122 Å². The van der Waals surface area contributed by atoms with E-state index in [9.17, 15) is 0 Å². The van der Waals surface area contributed by atoms with Crippen molar-refractivity contribution in [2.45, 2.75) is 24.4 Å². The maximum Gasteiger partial charge on any atom is 0.130 e. The van der Waals surface area contributed by atoms with Gasteiger partial charge in [-0.2, -0.15) is 0 Å². The molecule has 26 heavy (non-hydrogen) atoms. The lowest BCUT2D eigenvalue weighted by Crippen LogP contribution is -2.25. The van der Waals surface area contributed by atoms with E-state index in [0.717, 1.165) is 0 Å². The molecule has 130 valence electrons. The summed E-state index contributed by atoms with van der Waals surface area (Å²) in [5, 5.41) is 3.49. The summed E-state index contributed by atoms with van der Waals surface area (Å²) in [6, 6.07) is 32.2. The molecule has 0 atom stereocenters. The van der Waals surface area contributed by atoms with Crippen LogP contribution in [0.5, 0.6) is 0 Å². The average molecular weight is 373 g/mol. The summed E-state index contributed by atoms with van der Waals surface area (Å²) in [7, 11) is -1.44. The molecule has 0 amide bonds. The molecule has 0 heterocycles. The first-order chi connectivity index (χ1) is 12.5. The van der Waals surface area contributed by atoms with Crippen molar-refractivity contribution in [3.8, 4) is 10.8 Å². The Labute approximate surface area is 162 Å². The van der Waals surface area contributed by atoms with Gasteiger partial charge in [0, 0.05) is 0 Å². The molecule has 2 heteroatoms. The molecule has 3 rings (SSSR count). The molecule has 0 N–H and O–H groups in total. The zero-order valence-corrected chi connectivity index (χ0v) is 17.4. The van der Waals surface area contributed by atoms with E-state index >= 15 is 0 Å². The van der Waals surface area contributed by atoms with Gasteiger partial charge in [0.25, 0.3) is 0 Å². The second kappa shape index (κ2) is 7.99. The molecular weight excluding hydrogens is 348 g/mol. The highest BCUT2D eigenvalue weighted by Crippen LogP contribution is 2.48. The van der Waals surface area contributed by atoms with Gasteiger partial charge in [-0.3, -0.25) is 0 Å². The van der Waals surface area contributed by atoms with Crippen LogP contribution in [0.2, 0.25) is 19.6 Å². The molecule has 0 bridgehead atoms. The van der Waals surface area contributed by atoms with Gasteiger partial charge in [-0.15, -0.1) is 5.54 Å². The topological polar surface area (TPSA) is 0 Å². The summed E-state index contributed by atoms with van der Waals surface area (Å²) in [4.78, 5) is 0. The van der Waals surface area contributed by atoms with Crippen molar-refractivity contribution in [3.63, 3.8) is 0 Å². The van der Waals surface area contributed by atoms with Crippen molar-refractivity contribution in [3.05, 3.63) is 108 Å². The van der Waals surface area contributed by atoms with Gasteiger partial charge in [0.15, 0.2) is 0 Å². The second-order valence-corrected chi connectivity index (χ2v) is 13.1. The number of benzene rings is 3. The third-order valence-corrected chi connectivity index (χ3v) is 6.44. The zero-order chi connectivity index (χ0) is 18.5. The molecule has 0 radical (unpaired) electrons. The summed E-state index contributed by atoms with van der Waals surface area (Å²) in [5.74, 6) is 0. The van der Waals surface area contributed by atoms with Crippen LogP contribution in [0.4, 0.5) is 0 Å². The zero-order valence-electron chi connectivity index (χ0n) is 15.6. The maximum atomic E-state index is 3.54. The fourth-order valence-electron chi connectivity index (χ4n) is 2.95. The van der Waals surface area contributed by atoms with E-state index in [1.54, 1.807) is 11.8 Å². The Balaban J connectivity index is 2.26. The smallest absolute Gasteiger partial charge is 0.120 e. The SMILES string of the molecule is C[Si](C)(C)C#CSC(c1ccccc1)(c1ccccc1)c1ccccc1. The van der Waals surface area contributed by atoms with Crippen molar-refractivity contribution < 1.29 is 0 Å². The molecule has 0 unspecified atom stereocenters. The van der Waals surface area contributed by atoms with Crippen LogP contribution in [0.25, 0.3) is 0 Å². The van der Waals surface area contributed by atoms with Crippen LogP contribution in [-0.2, 0) is 4.75 Å². The molecule has 0 nitrogen and oxygen atoms in total. The van der Waals surface area contributed by atoms with Gasteiger partial charge in [-0.25, -0.2) is 0 Å². The minimum Gasteiger partial charge on any atom is -0.120 e. The highest BCUT2D eigenvalue weighted by molar-refractivity contribution is 8.05. The molecule has 0 spiro atoms. The minimum atomic E-state index is -1.44. The number of rotatable bonds is 4. The minimum absolute atomic E-state index is 0.337. The van der Waals surface area contributed by atoms with Crippen LogP contribution in [-0.4, -0.2) is 8.07 Å². The normalized spacial score (nSPS) is 11.5. The van der Waals surface area contributed by atoms with Gasteiger partial charge < -0.3 is 0 Å². The first-order valence-electron chi connectivity index (χ1n) is 8.89. The standard InChI is InChI=1S/C24H24SSi/c1-26(2,3)20-19-25-24(21-13-7-4-8-14-21,22-15-9-5-10-16-22)23-17-11-6-12-18-23/h4-18H,1-3H3. The Morgan fingerprint density at radius 2 is 0.962 bits per heavy atom. The molecule has 0 saturated carbocycles. The van der Waals surface area contributed by atoms with E-state index in [-0.39, 0.29) is 4.75 Å². The molecule has 3 aromatic carbocycles. The van der Waals surface area contributed by atoms with Gasteiger partial charge in [0.2, 0.25) is 0 Å². The third kappa shape index (κ3) is 4.12. The van der Waals surface area contributed by atoms with Crippen molar-refractivity contribution in [1.82, 2.24) is 0 Å². The highest BCUT2D eigenvalue weighted by atomic mass is 32.2. The van der Waals surface area contributed by atoms with Gasteiger partial charge >= 0.3 is 0 Å². The Hall–Kier alpha value is -2.21. The Morgan fingerprint density at radius 3 is 1.27 bits per heavy atom. The lowest BCUT2D eigenvalue weighted by atomic mass is 9.84. The van der Waals surface area contributed by atoms with E-state index in [0.29, 0.717) is 0 Å². The summed E-state index contributed by atoms with van der Waals surface area (Å²) in [6.45, 7) is 6.86. The molecule has 3 aromatic rings. The number of hydrogen-bond acceptors (Lipinski definition) is 1. The highest BCUT2D eigenvalue weighted by Gasteiger charge is 2.36. The van der Waals surface area contributed by atoms with Gasteiger partial charge in [0.1, 0.15) is 12.8 Å². The van der Waals surface area contributed by atoms with Gasteiger partial charge in [-0.05, 0) is 21.9 Å². The molecule has 0 fully saturated rings. The Morgan fingerprint density at radius 1 is 0.615 bits per heavy atom. The Kier molecular flexibility index (Phi) is 5.71. The lowest BCUT2D eigenvalue weighted by molar-refractivity contribution is 0.901. The van der Waals surface area contributed by atoms with E-state index < -0.39 is 8.07 Å². The van der Waals surface area contributed by atoms with Crippen molar-refractivity contribution in [2.75, 3.05) is 0 Å². The van der Waals surface area contributed by atoms with Crippen molar-refractivity contribution in [2.24, 2.45) is 0 Å². The molecule has 0 aliphatic carbocycles. The van der Waals surface area contributed by atoms with Crippen molar-refractivity contribution in [1.29, 1.82) is 0 Å². The Bertz CT molecular complexity index is 788. The van der Waals surface area contributed by atoms with Gasteiger partial charge in [0.05, 0.1) is 0 Å². The first-order valence-corrected chi connectivity index (χ1v) is 13.2. The van der Waals surface area contributed by atoms with E-state index in [4.69, 9.17) is 0 Å². The molecule has 0 aliphatic heterocycles. The third-order valence-electron chi connectivity index (χ3n) is 4.17. The van der Waals surface area contributed by atoms with Crippen LogP contribution < -0.4 is 0 Å². The van der Waals surface area contributed by atoms with Crippen LogP contribution >= 0.6 is 11.8 Å². The summed E-state index contributed by atoms with van der Waals surface area (Å²) >= 11 is 1.73. The summed E-state index contributed by atoms with van der Waals surface area (Å²) in [6.07, 6.45) is 0. The largest absolute Gasteiger partial charge is 0.130 e. The average Bonchev–Trinajstić information content (AvgIpc) is 2.67. The fraction of sp³-hybridized carbons (Fsp3) is 0.167. The van der Waals surface area contributed by atoms with Crippen LogP contribution in [0.3, 0.4) is 0 Å². The predicted molar refractivity (Wildman–Crippen MR) is 118 cm³/mol. The molecule has 0 aliphatic rings. The van der Waals surface area contributed by atoms with Crippen molar-refractivity contribution >= 4 is 19.8 Å². The quantitative estimate of drug-likeness (QED) is 0.284. The number of thioether (sulfide) groups is 1. The molecule has 0 saturated heterocycles. The van der Waals surface area contributed by atoms with E-state index in [2.05, 4.69) is 121 Å². The monoisotopic (exact) mass is 372 g/mol. The molecule has 0 aromatic heterocycles. The second-order valence-electron chi connectivity index (χ2n) is 7.36.